The molecule has 5 rings (SSSR count). The van der Waals surface area contributed by atoms with Gasteiger partial charge in [0.1, 0.15) is 5.75 Å². The summed E-state index contributed by atoms with van der Waals surface area (Å²) in [6.07, 6.45) is 7.34. The van der Waals surface area contributed by atoms with Gasteiger partial charge in [-0.25, -0.2) is 0 Å². The highest BCUT2D eigenvalue weighted by Gasteiger charge is 2.46. The van der Waals surface area contributed by atoms with Gasteiger partial charge in [-0.05, 0) is 74.6 Å². The first kappa shape index (κ1) is 24.6. The Balaban J connectivity index is 0.00000136. The zero-order valence-electron chi connectivity index (χ0n) is 18.5. The van der Waals surface area contributed by atoms with Gasteiger partial charge < -0.3 is 15.0 Å². The predicted octanol–water partition coefficient (Wildman–Crippen LogP) is 3.91. The van der Waals surface area contributed by atoms with Gasteiger partial charge in [0.15, 0.2) is 0 Å². The minimum absolute atomic E-state index is 0. The fraction of sp³-hybridized carbons (Fsp3) is 0.708. The summed E-state index contributed by atoms with van der Waals surface area (Å²) in [7, 11) is 1.73. The van der Waals surface area contributed by atoms with E-state index >= 15 is 0 Å². The average molecular weight is 470 g/mol. The van der Waals surface area contributed by atoms with E-state index in [1.165, 1.54) is 31.2 Å². The highest BCUT2D eigenvalue weighted by Crippen LogP contribution is 2.44. The minimum atomic E-state index is 0. The Labute approximate surface area is 199 Å². The van der Waals surface area contributed by atoms with Crippen LogP contribution in [0.5, 0.6) is 5.75 Å². The van der Waals surface area contributed by atoms with Gasteiger partial charge >= 0.3 is 0 Å². The number of amides is 1. The number of halogens is 2. The van der Waals surface area contributed by atoms with Crippen LogP contribution in [0.2, 0.25) is 0 Å². The molecule has 0 saturated carbocycles. The summed E-state index contributed by atoms with van der Waals surface area (Å²) in [4.78, 5) is 18.2. The molecule has 4 aliphatic heterocycles. The molecule has 1 aromatic rings. The third-order valence-corrected chi connectivity index (χ3v) is 7.84. The Morgan fingerprint density at radius 2 is 1.84 bits per heavy atom. The molecule has 2 bridgehead atoms. The number of hydrogen-bond acceptors (Lipinski definition) is 4. The van der Waals surface area contributed by atoms with Crippen LogP contribution < -0.4 is 10.1 Å². The molecule has 4 fully saturated rings. The number of rotatable bonds is 3. The van der Waals surface area contributed by atoms with E-state index in [9.17, 15) is 4.79 Å². The maximum absolute atomic E-state index is 13.2. The standard InChI is InChI=1S/C24H35N3O2.2ClH/c1-29-21-9-7-18(8-10-21)22-5-2-6-23-20-12-17(15-27(22)23)14-26(16-20)24(28)19-4-3-11-25-13-19;;/h7-10,17,19-20,22-23,25H,2-6,11-16H2,1H3;2*1H/t17-,19+,20+,22+,23-;;/m0../s1. The molecule has 31 heavy (non-hydrogen) atoms. The van der Waals surface area contributed by atoms with E-state index in [0.29, 0.717) is 29.8 Å². The van der Waals surface area contributed by atoms with E-state index in [1.807, 2.05) is 0 Å². The number of nitrogens with one attached hydrogen (secondary N) is 1. The summed E-state index contributed by atoms with van der Waals surface area (Å²) in [5.41, 5.74) is 1.43. The summed E-state index contributed by atoms with van der Waals surface area (Å²) >= 11 is 0. The van der Waals surface area contributed by atoms with Gasteiger partial charge in [-0.1, -0.05) is 12.1 Å². The lowest BCUT2D eigenvalue weighted by molar-refractivity contribution is -0.143. The molecule has 4 aliphatic rings. The van der Waals surface area contributed by atoms with Crippen molar-refractivity contribution in [1.82, 2.24) is 15.1 Å². The van der Waals surface area contributed by atoms with Gasteiger partial charge in [0.25, 0.3) is 0 Å². The summed E-state index contributed by atoms with van der Waals surface area (Å²) in [6.45, 7) is 5.02. The molecule has 1 amide bonds. The second-order valence-corrected chi connectivity index (χ2v) is 9.63. The van der Waals surface area contributed by atoms with Crippen molar-refractivity contribution >= 4 is 30.7 Å². The van der Waals surface area contributed by atoms with Crippen LogP contribution in [0.25, 0.3) is 0 Å². The van der Waals surface area contributed by atoms with Gasteiger partial charge in [-0.2, -0.15) is 0 Å². The lowest BCUT2D eigenvalue weighted by atomic mass is 9.73. The number of methoxy groups -OCH3 is 1. The molecular formula is C24H37Cl2N3O2. The Morgan fingerprint density at radius 3 is 2.55 bits per heavy atom. The van der Waals surface area contributed by atoms with E-state index in [0.717, 1.165) is 51.3 Å². The van der Waals surface area contributed by atoms with Gasteiger partial charge in [0, 0.05) is 38.3 Å². The monoisotopic (exact) mass is 469 g/mol. The van der Waals surface area contributed by atoms with Crippen LogP contribution in [0.4, 0.5) is 0 Å². The molecule has 174 valence electrons. The first-order valence-corrected chi connectivity index (χ1v) is 11.6. The second kappa shape index (κ2) is 10.7. The Morgan fingerprint density at radius 1 is 1.03 bits per heavy atom. The summed E-state index contributed by atoms with van der Waals surface area (Å²) < 4.78 is 5.35. The smallest absolute Gasteiger partial charge is 0.226 e. The average Bonchev–Trinajstić information content (AvgIpc) is 2.79. The quantitative estimate of drug-likeness (QED) is 0.728. The molecular weight excluding hydrogens is 433 g/mol. The largest absolute Gasteiger partial charge is 0.497 e. The molecule has 0 unspecified atom stereocenters. The molecule has 5 nitrogen and oxygen atoms in total. The maximum Gasteiger partial charge on any atom is 0.226 e. The molecule has 0 radical (unpaired) electrons. The summed E-state index contributed by atoms with van der Waals surface area (Å²) in [6, 6.07) is 9.86. The normalized spacial score (nSPS) is 32.8. The van der Waals surface area contributed by atoms with Crippen LogP contribution in [-0.2, 0) is 4.79 Å². The molecule has 1 N–H and O–H groups in total. The molecule has 1 aromatic carbocycles. The van der Waals surface area contributed by atoms with Crippen molar-refractivity contribution in [2.75, 3.05) is 39.8 Å². The van der Waals surface area contributed by atoms with Crippen molar-refractivity contribution in [3.05, 3.63) is 29.8 Å². The van der Waals surface area contributed by atoms with Crippen LogP contribution in [-0.4, -0.2) is 61.6 Å². The third kappa shape index (κ3) is 5.00. The molecule has 0 spiro atoms. The topological polar surface area (TPSA) is 44.8 Å². The van der Waals surface area contributed by atoms with Crippen LogP contribution >= 0.6 is 24.8 Å². The SMILES string of the molecule is COc1ccc([C@H]2CCC[C@H]3[C@@H]4C[C@@H](CN(C(=O)[C@@H]5CCCNC5)C4)CN23)cc1.Cl.Cl. The molecule has 4 saturated heterocycles. The molecule has 0 aliphatic carbocycles. The number of benzene rings is 1. The number of carbonyl (C=O) groups excluding carboxylic acids is 1. The molecule has 4 heterocycles. The van der Waals surface area contributed by atoms with Gasteiger partial charge in [0.05, 0.1) is 13.0 Å². The number of likely N-dealkylation sites (tertiary alicyclic amines) is 1. The summed E-state index contributed by atoms with van der Waals surface area (Å²) in [5, 5.41) is 3.42. The second-order valence-electron chi connectivity index (χ2n) is 9.63. The maximum atomic E-state index is 13.2. The van der Waals surface area contributed by atoms with E-state index in [4.69, 9.17) is 4.74 Å². The third-order valence-electron chi connectivity index (χ3n) is 7.84. The van der Waals surface area contributed by atoms with Gasteiger partial charge in [-0.15, -0.1) is 24.8 Å². The van der Waals surface area contributed by atoms with Crippen LogP contribution in [0.3, 0.4) is 0 Å². The zero-order chi connectivity index (χ0) is 19.8. The number of piperidine rings is 4. The number of ether oxygens (including phenoxy) is 1. The molecule has 0 aromatic heterocycles. The van der Waals surface area contributed by atoms with E-state index in [-0.39, 0.29) is 30.7 Å². The van der Waals surface area contributed by atoms with Crippen molar-refractivity contribution in [2.45, 2.75) is 50.6 Å². The van der Waals surface area contributed by atoms with E-state index < -0.39 is 0 Å². The minimum Gasteiger partial charge on any atom is -0.497 e. The molecule has 5 atom stereocenters. The highest BCUT2D eigenvalue weighted by molar-refractivity contribution is 5.85. The fourth-order valence-electron chi connectivity index (χ4n) is 6.49. The highest BCUT2D eigenvalue weighted by atomic mass is 35.5. The van der Waals surface area contributed by atoms with Gasteiger partial charge in [-0.3, -0.25) is 9.69 Å². The first-order valence-electron chi connectivity index (χ1n) is 11.6. The van der Waals surface area contributed by atoms with Gasteiger partial charge in [0.2, 0.25) is 5.91 Å². The predicted molar refractivity (Wildman–Crippen MR) is 128 cm³/mol. The van der Waals surface area contributed by atoms with Crippen molar-refractivity contribution in [1.29, 1.82) is 0 Å². The molecule has 7 heteroatoms. The lowest BCUT2D eigenvalue weighted by Gasteiger charge is -2.55. The number of carbonyl (C=O) groups is 1. The first-order chi connectivity index (χ1) is 14.2. The number of hydrogen-bond donors (Lipinski definition) is 1. The number of nitrogens with zero attached hydrogens (tertiary/aromatic N) is 2. The van der Waals surface area contributed by atoms with Crippen LogP contribution in [0, 0.1) is 17.8 Å². The van der Waals surface area contributed by atoms with Crippen molar-refractivity contribution in [2.24, 2.45) is 17.8 Å². The Bertz CT molecular complexity index is 726. The zero-order valence-corrected chi connectivity index (χ0v) is 20.1. The lowest BCUT2D eigenvalue weighted by Crippen LogP contribution is -2.61. The number of fused-ring (bicyclic) bond motifs is 4. The van der Waals surface area contributed by atoms with E-state index in [2.05, 4.69) is 39.4 Å². The van der Waals surface area contributed by atoms with Crippen molar-refractivity contribution in [3.8, 4) is 5.75 Å². The van der Waals surface area contributed by atoms with Crippen LogP contribution in [0.15, 0.2) is 24.3 Å². The Kier molecular flexibility index (Phi) is 8.53. The summed E-state index contributed by atoms with van der Waals surface area (Å²) in [5.74, 6) is 2.83. The van der Waals surface area contributed by atoms with Crippen molar-refractivity contribution < 1.29 is 9.53 Å². The Hall–Kier alpha value is -1.01. The van der Waals surface area contributed by atoms with Crippen LogP contribution in [0.1, 0.15) is 50.1 Å². The fourth-order valence-corrected chi connectivity index (χ4v) is 6.49. The van der Waals surface area contributed by atoms with Crippen molar-refractivity contribution in [3.63, 3.8) is 0 Å². The van der Waals surface area contributed by atoms with E-state index in [1.54, 1.807) is 7.11 Å².